The average molecular weight is 565 g/mol. The van der Waals surface area contributed by atoms with E-state index < -0.39 is 30.4 Å². The van der Waals surface area contributed by atoms with Crippen LogP contribution in [-0.2, 0) is 27.3 Å². The minimum absolute atomic E-state index is 0.0521. The van der Waals surface area contributed by atoms with Crippen molar-refractivity contribution in [3.8, 4) is 0 Å². The summed E-state index contributed by atoms with van der Waals surface area (Å²) >= 11 is 0. The van der Waals surface area contributed by atoms with E-state index in [1.807, 2.05) is 24.3 Å². The normalized spacial score (nSPS) is 21.7. The first kappa shape index (κ1) is 27.3. The molecule has 3 aliphatic rings. The standard InChI is InChI=1S/C29H36N6O6/c1-40-35-15-24(41-29(35)39)26(36)22(11-17-7-3-2-4-8-17)33-27(37)23(12-18-13-30-16-31-18)34-14-20-19-9-5-6-10-21(19)32-25(20)28(34)38/h5-6,9-10,13,16-17,22-24,26,32,36H,2-4,7-8,11-12,14-15H2,1H3,(H,30,31)(H,33,37). The molecule has 4 unspecified atom stereocenters. The van der Waals surface area contributed by atoms with Gasteiger partial charge < -0.3 is 30.0 Å². The highest BCUT2D eigenvalue weighted by Crippen LogP contribution is 2.33. The minimum atomic E-state index is -1.15. The van der Waals surface area contributed by atoms with Gasteiger partial charge in [0.1, 0.15) is 17.8 Å². The largest absolute Gasteiger partial charge is 0.440 e. The SMILES string of the molecule is CON1CC(C(O)C(CC2CCCCC2)NC(=O)C(Cc2c[nH]cn2)N2Cc3c([nH]c4ccccc34)C2=O)OC1=O. The second-order valence-electron chi connectivity index (χ2n) is 11.2. The van der Waals surface area contributed by atoms with Crippen molar-refractivity contribution >= 4 is 28.8 Å². The van der Waals surface area contributed by atoms with Gasteiger partial charge in [-0.25, -0.2) is 9.78 Å². The Morgan fingerprint density at radius 1 is 1.24 bits per heavy atom. The number of nitrogens with one attached hydrogen (secondary N) is 3. The van der Waals surface area contributed by atoms with Crippen molar-refractivity contribution in [2.75, 3.05) is 13.7 Å². The highest BCUT2D eigenvalue weighted by atomic mass is 16.7. The molecule has 1 saturated carbocycles. The third-order valence-corrected chi connectivity index (χ3v) is 8.71. The van der Waals surface area contributed by atoms with E-state index in [1.54, 1.807) is 11.1 Å². The number of nitrogens with zero attached hydrogens (tertiary/aromatic N) is 3. The van der Waals surface area contributed by atoms with Gasteiger partial charge in [0.2, 0.25) is 5.91 Å². The van der Waals surface area contributed by atoms with E-state index in [1.165, 1.54) is 19.9 Å². The summed E-state index contributed by atoms with van der Waals surface area (Å²) in [6.45, 7) is 0.330. The molecule has 2 aliphatic heterocycles. The molecule has 218 valence electrons. The van der Waals surface area contributed by atoms with Crippen molar-refractivity contribution in [3.05, 3.63) is 53.7 Å². The van der Waals surface area contributed by atoms with Gasteiger partial charge in [-0.1, -0.05) is 50.3 Å². The van der Waals surface area contributed by atoms with Gasteiger partial charge in [-0.15, -0.1) is 0 Å². The molecule has 6 rings (SSSR count). The molecule has 4 heterocycles. The fraction of sp³-hybridized carbons (Fsp3) is 0.517. The van der Waals surface area contributed by atoms with Crippen LogP contribution < -0.4 is 5.32 Å². The highest BCUT2D eigenvalue weighted by molar-refractivity contribution is 6.05. The Balaban J connectivity index is 1.26. The number of aromatic nitrogens is 3. The summed E-state index contributed by atoms with van der Waals surface area (Å²) in [5, 5.41) is 16.5. The Hall–Kier alpha value is -3.90. The van der Waals surface area contributed by atoms with Crippen LogP contribution >= 0.6 is 0 Å². The number of fused-ring (bicyclic) bond motifs is 3. The maximum atomic E-state index is 14.1. The first-order valence-corrected chi connectivity index (χ1v) is 14.3. The van der Waals surface area contributed by atoms with Gasteiger partial charge in [0.25, 0.3) is 5.91 Å². The molecule has 0 spiro atoms. The van der Waals surface area contributed by atoms with E-state index >= 15 is 0 Å². The number of benzene rings is 1. The van der Waals surface area contributed by atoms with Gasteiger partial charge in [-0.05, 0) is 18.4 Å². The number of amides is 3. The van der Waals surface area contributed by atoms with Crippen LogP contribution in [0.2, 0.25) is 0 Å². The quantitative estimate of drug-likeness (QED) is 0.295. The fourth-order valence-electron chi connectivity index (χ4n) is 6.52. The van der Waals surface area contributed by atoms with Crippen molar-refractivity contribution in [2.24, 2.45) is 5.92 Å². The average Bonchev–Trinajstić information content (AvgIpc) is 3.77. The topological polar surface area (TPSA) is 153 Å². The third-order valence-electron chi connectivity index (χ3n) is 8.71. The van der Waals surface area contributed by atoms with Crippen LogP contribution in [0, 0.1) is 5.92 Å². The molecule has 3 amide bonds. The van der Waals surface area contributed by atoms with E-state index in [0.29, 0.717) is 23.7 Å². The molecule has 1 aromatic carbocycles. The molecule has 4 N–H and O–H groups in total. The molecule has 4 atom stereocenters. The van der Waals surface area contributed by atoms with Gasteiger partial charge in [0.05, 0.1) is 31.7 Å². The lowest BCUT2D eigenvalue weighted by atomic mass is 9.83. The van der Waals surface area contributed by atoms with E-state index in [2.05, 4.69) is 20.3 Å². The van der Waals surface area contributed by atoms with Crippen LogP contribution in [0.1, 0.15) is 60.3 Å². The number of aliphatic hydroxyl groups excluding tert-OH is 1. The summed E-state index contributed by atoms with van der Waals surface area (Å²) in [5.41, 5.74) is 2.87. The number of hydrogen-bond acceptors (Lipinski definition) is 7. The number of carbonyl (C=O) groups excluding carboxylic acids is 3. The number of hydrogen-bond donors (Lipinski definition) is 4. The number of rotatable bonds is 10. The Morgan fingerprint density at radius 3 is 2.78 bits per heavy atom. The van der Waals surface area contributed by atoms with Crippen LogP contribution in [0.15, 0.2) is 36.8 Å². The van der Waals surface area contributed by atoms with Crippen LogP contribution in [0.5, 0.6) is 0 Å². The molecule has 1 saturated heterocycles. The second kappa shape index (κ2) is 11.5. The van der Waals surface area contributed by atoms with E-state index in [0.717, 1.165) is 47.2 Å². The molecular weight excluding hydrogens is 528 g/mol. The van der Waals surface area contributed by atoms with Crippen LogP contribution in [0.4, 0.5) is 4.79 Å². The molecule has 12 nitrogen and oxygen atoms in total. The smallest absolute Gasteiger partial charge is 0.434 e. The first-order valence-electron chi connectivity index (χ1n) is 14.3. The first-order chi connectivity index (χ1) is 19.9. The summed E-state index contributed by atoms with van der Waals surface area (Å²) in [6.07, 6.45) is 6.71. The second-order valence-corrected chi connectivity index (χ2v) is 11.2. The van der Waals surface area contributed by atoms with E-state index in [4.69, 9.17) is 9.57 Å². The van der Waals surface area contributed by atoms with Crippen LogP contribution in [-0.4, -0.2) is 85.9 Å². The predicted octanol–water partition coefficient (Wildman–Crippen LogP) is 2.66. The number of aromatic amines is 2. The molecule has 2 fully saturated rings. The third kappa shape index (κ3) is 5.41. The molecule has 0 bridgehead atoms. The van der Waals surface area contributed by atoms with Crippen LogP contribution in [0.3, 0.4) is 0 Å². The molecule has 12 heteroatoms. The lowest BCUT2D eigenvalue weighted by molar-refractivity contribution is -0.128. The molecule has 0 radical (unpaired) electrons. The summed E-state index contributed by atoms with van der Waals surface area (Å²) in [6, 6.07) is 6.18. The molecule has 3 aromatic rings. The lowest BCUT2D eigenvalue weighted by Crippen LogP contribution is -2.56. The Labute approximate surface area is 237 Å². The fourth-order valence-corrected chi connectivity index (χ4v) is 6.52. The van der Waals surface area contributed by atoms with Crippen molar-refractivity contribution < 1.29 is 29.1 Å². The van der Waals surface area contributed by atoms with Crippen molar-refractivity contribution in [2.45, 2.75) is 75.8 Å². The van der Waals surface area contributed by atoms with Gasteiger partial charge in [-0.3, -0.25) is 14.4 Å². The predicted molar refractivity (Wildman–Crippen MR) is 147 cm³/mol. The number of hydroxylamine groups is 2. The summed E-state index contributed by atoms with van der Waals surface area (Å²) in [4.78, 5) is 57.0. The maximum Gasteiger partial charge on any atom is 0.434 e. The molecule has 1 aliphatic carbocycles. The monoisotopic (exact) mass is 564 g/mol. The molecule has 2 aromatic heterocycles. The summed E-state index contributed by atoms with van der Waals surface area (Å²) in [7, 11) is 1.36. The summed E-state index contributed by atoms with van der Waals surface area (Å²) in [5.74, 6) is -0.316. The zero-order valence-corrected chi connectivity index (χ0v) is 23.0. The highest BCUT2D eigenvalue weighted by Gasteiger charge is 2.43. The van der Waals surface area contributed by atoms with Crippen molar-refractivity contribution in [3.63, 3.8) is 0 Å². The zero-order valence-electron chi connectivity index (χ0n) is 23.0. The van der Waals surface area contributed by atoms with Crippen molar-refractivity contribution in [1.29, 1.82) is 0 Å². The number of carbonyl (C=O) groups is 3. The number of para-hydroxylation sites is 1. The summed E-state index contributed by atoms with van der Waals surface area (Å²) < 4.78 is 5.39. The van der Waals surface area contributed by atoms with Crippen LogP contribution in [0.25, 0.3) is 10.9 Å². The Bertz CT molecular complexity index is 1400. The van der Waals surface area contributed by atoms with Gasteiger partial charge in [-0.2, -0.15) is 5.06 Å². The van der Waals surface area contributed by atoms with E-state index in [9.17, 15) is 19.5 Å². The Kier molecular flexibility index (Phi) is 7.67. The number of imidazole rings is 1. The number of cyclic esters (lactones) is 1. The van der Waals surface area contributed by atoms with Crippen molar-refractivity contribution in [1.82, 2.24) is 30.2 Å². The number of aliphatic hydroxyl groups is 1. The van der Waals surface area contributed by atoms with Gasteiger partial charge >= 0.3 is 6.09 Å². The molecule has 41 heavy (non-hydrogen) atoms. The number of ether oxygens (including phenoxy) is 1. The molecular formula is C29H36N6O6. The van der Waals surface area contributed by atoms with Gasteiger partial charge in [0, 0.05) is 35.6 Å². The maximum absolute atomic E-state index is 14.1. The lowest BCUT2D eigenvalue weighted by Gasteiger charge is -2.34. The zero-order chi connectivity index (χ0) is 28.5. The number of H-pyrrole nitrogens is 2. The van der Waals surface area contributed by atoms with Gasteiger partial charge in [0.15, 0.2) is 6.10 Å². The Morgan fingerprint density at radius 2 is 2.05 bits per heavy atom. The minimum Gasteiger partial charge on any atom is -0.440 e. The van der Waals surface area contributed by atoms with E-state index in [-0.39, 0.29) is 31.3 Å².